The SMILES string of the molecule is CCCCCNNC(=O)c1cncnc1N[C@@H]1CC[C@@H](C)[C@H](O)C1. The lowest BCUT2D eigenvalue weighted by molar-refractivity contribution is 0.0739. The maximum absolute atomic E-state index is 12.3. The number of unbranched alkanes of at least 4 members (excludes halogenated alkanes) is 2. The highest BCUT2D eigenvalue weighted by Crippen LogP contribution is 2.26. The van der Waals surface area contributed by atoms with Crippen molar-refractivity contribution < 1.29 is 9.90 Å². The molecule has 1 aliphatic carbocycles. The summed E-state index contributed by atoms with van der Waals surface area (Å²) in [5.41, 5.74) is 6.04. The highest BCUT2D eigenvalue weighted by Gasteiger charge is 2.27. The summed E-state index contributed by atoms with van der Waals surface area (Å²) < 4.78 is 0. The van der Waals surface area contributed by atoms with Crippen LogP contribution in [-0.4, -0.2) is 39.7 Å². The van der Waals surface area contributed by atoms with Crippen LogP contribution < -0.4 is 16.2 Å². The molecular formula is C17H29N5O2. The summed E-state index contributed by atoms with van der Waals surface area (Å²) >= 11 is 0. The van der Waals surface area contributed by atoms with Gasteiger partial charge < -0.3 is 10.4 Å². The first kappa shape index (κ1) is 18.6. The number of hydrogen-bond acceptors (Lipinski definition) is 6. The standard InChI is InChI=1S/C17H29N5O2/c1-3-4-5-8-20-22-17(24)14-10-18-11-19-16(14)21-13-7-6-12(2)15(23)9-13/h10-13,15,20,23H,3-9H2,1-2H3,(H,22,24)(H,18,19,21)/t12-,13-,15-/m1/s1. The van der Waals surface area contributed by atoms with E-state index in [1.165, 1.54) is 12.5 Å². The van der Waals surface area contributed by atoms with E-state index in [4.69, 9.17) is 0 Å². The summed E-state index contributed by atoms with van der Waals surface area (Å²) in [7, 11) is 0. The molecule has 0 aliphatic heterocycles. The van der Waals surface area contributed by atoms with Crippen LogP contribution >= 0.6 is 0 Å². The Morgan fingerprint density at radius 3 is 2.96 bits per heavy atom. The molecule has 0 aromatic carbocycles. The number of aliphatic hydroxyl groups excluding tert-OH is 1. The Labute approximate surface area is 143 Å². The van der Waals surface area contributed by atoms with Gasteiger partial charge in [0.25, 0.3) is 5.91 Å². The largest absolute Gasteiger partial charge is 0.393 e. The van der Waals surface area contributed by atoms with Gasteiger partial charge in [0.15, 0.2) is 0 Å². The minimum absolute atomic E-state index is 0.121. The Bertz CT molecular complexity index is 525. The molecule has 7 nitrogen and oxygen atoms in total. The normalized spacial score (nSPS) is 23.7. The second-order valence-electron chi connectivity index (χ2n) is 6.57. The molecule has 4 N–H and O–H groups in total. The first-order chi connectivity index (χ1) is 11.6. The maximum atomic E-state index is 12.3. The van der Waals surface area contributed by atoms with Gasteiger partial charge in [-0.15, -0.1) is 0 Å². The van der Waals surface area contributed by atoms with E-state index in [0.717, 1.165) is 38.6 Å². The topological polar surface area (TPSA) is 99.2 Å². The molecule has 1 amide bonds. The van der Waals surface area contributed by atoms with Gasteiger partial charge in [-0.25, -0.2) is 15.4 Å². The van der Waals surface area contributed by atoms with Crippen LogP contribution in [0.15, 0.2) is 12.5 Å². The van der Waals surface area contributed by atoms with Crippen molar-refractivity contribution in [2.45, 2.75) is 64.5 Å². The number of nitrogens with one attached hydrogen (secondary N) is 3. The molecule has 1 aromatic heterocycles. The number of nitrogens with zero attached hydrogens (tertiary/aromatic N) is 2. The fourth-order valence-corrected chi connectivity index (χ4v) is 2.91. The second-order valence-corrected chi connectivity index (χ2v) is 6.57. The minimum atomic E-state index is -0.310. The van der Waals surface area contributed by atoms with Gasteiger partial charge in [-0.05, 0) is 31.6 Å². The molecule has 1 fully saturated rings. The molecule has 3 atom stereocenters. The number of amides is 1. The van der Waals surface area contributed by atoms with Crippen molar-refractivity contribution in [3.05, 3.63) is 18.1 Å². The molecule has 0 bridgehead atoms. The van der Waals surface area contributed by atoms with Crippen LogP contribution in [-0.2, 0) is 0 Å². The van der Waals surface area contributed by atoms with Gasteiger partial charge in [-0.2, -0.15) is 0 Å². The lowest BCUT2D eigenvalue weighted by Gasteiger charge is -2.32. The number of rotatable bonds is 8. The zero-order valence-corrected chi connectivity index (χ0v) is 14.6. The quantitative estimate of drug-likeness (QED) is 0.427. The minimum Gasteiger partial charge on any atom is -0.393 e. The molecule has 1 heterocycles. The number of hydrazine groups is 1. The average molecular weight is 335 g/mol. The predicted octanol–water partition coefficient (Wildman–Crippen LogP) is 1.86. The van der Waals surface area contributed by atoms with Gasteiger partial charge in [0.1, 0.15) is 17.7 Å². The van der Waals surface area contributed by atoms with E-state index < -0.39 is 0 Å². The molecule has 1 aliphatic rings. The van der Waals surface area contributed by atoms with E-state index in [1.54, 1.807) is 0 Å². The number of aromatic nitrogens is 2. The van der Waals surface area contributed by atoms with E-state index in [1.807, 2.05) is 0 Å². The first-order valence-corrected chi connectivity index (χ1v) is 8.89. The predicted molar refractivity (Wildman–Crippen MR) is 93.5 cm³/mol. The smallest absolute Gasteiger partial charge is 0.270 e. The molecule has 1 saturated carbocycles. The molecule has 1 aromatic rings. The second kappa shape index (κ2) is 9.54. The molecule has 0 saturated heterocycles. The van der Waals surface area contributed by atoms with Crippen molar-refractivity contribution >= 4 is 11.7 Å². The van der Waals surface area contributed by atoms with Crippen molar-refractivity contribution in [2.75, 3.05) is 11.9 Å². The molecule has 0 spiro atoms. The molecule has 134 valence electrons. The molecule has 0 unspecified atom stereocenters. The molecule has 0 radical (unpaired) electrons. The number of anilines is 1. The summed E-state index contributed by atoms with van der Waals surface area (Å²) in [5, 5.41) is 13.3. The Morgan fingerprint density at radius 2 is 2.21 bits per heavy atom. The third-order valence-corrected chi connectivity index (χ3v) is 4.56. The van der Waals surface area contributed by atoms with Crippen LogP contribution in [0.25, 0.3) is 0 Å². The highest BCUT2D eigenvalue weighted by atomic mass is 16.3. The van der Waals surface area contributed by atoms with Crippen LogP contribution in [0, 0.1) is 5.92 Å². The van der Waals surface area contributed by atoms with E-state index in [9.17, 15) is 9.90 Å². The zero-order chi connectivity index (χ0) is 17.4. The van der Waals surface area contributed by atoms with Crippen molar-refractivity contribution in [3.63, 3.8) is 0 Å². The number of carbonyl (C=O) groups excluding carboxylic acids is 1. The monoisotopic (exact) mass is 335 g/mol. The fraction of sp³-hybridized carbons (Fsp3) is 0.706. The molecule has 24 heavy (non-hydrogen) atoms. The maximum Gasteiger partial charge on any atom is 0.270 e. The Morgan fingerprint density at radius 1 is 1.38 bits per heavy atom. The van der Waals surface area contributed by atoms with Crippen LogP contribution in [0.4, 0.5) is 5.82 Å². The van der Waals surface area contributed by atoms with Gasteiger partial charge in [-0.1, -0.05) is 26.7 Å². The van der Waals surface area contributed by atoms with Gasteiger partial charge >= 0.3 is 0 Å². The van der Waals surface area contributed by atoms with Crippen molar-refractivity contribution in [1.82, 2.24) is 20.8 Å². The van der Waals surface area contributed by atoms with Gasteiger partial charge in [0.05, 0.1) is 6.10 Å². The van der Waals surface area contributed by atoms with Crippen LogP contribution in [0.5, 0.6) is 0 Å². The van der Waals surface area contributed by atoms with E-state index >= 15 is 0 Å². The van der Waals surface area contributed by atoms with E-state index in [2.05, 4.69) is 40.0 Å². The number of aliphatic hydroxyl groups is 1. The number of carbonyl (C=O) groups is 1. The summed E-state index contributed by atoms with van der Waals surface area (Å²) in [4.78, 5) is 20.5. The highest BCUT2D eigenvalue weighted by molar-refractivity contribution is 5.98. The first-order valence-electron chi connectivity index (χ1n) is 8.89. The summed E-state index contributed by atoms with van der Waals surface area (Å²) in [5.74, 6) is 0.590. The van der Waals surface area contributed by atoms with E-state index in [0.29, 0.717) is 23.7 Å². The summed E-state index contributed by atoms with van der Waals surface area (Å²) in [6, 6.07) is 0.121. The third-order valence-electron chi connectivity index (χ3n) is 4.56. The van der Waals surface area contributed by atoms with Crippen molar-refractivity contribution in [2.24, 2.45) is 5.92 Å². The Kier molecular flexibility index (Phi) is 7.39. The van der Waals surface area contributed by atoms with Crippen LogP contribution in [0.2, 0.25) is 0 Å². The van der Waals surface area contributed by atoms with Crippen LogP contribution in [0.3, 0.4) is 0 Å². The summed E-state index contributed by atoms with van der Waals surface area (Å²) in [6.07, 6.45) is 8.51. The lowest BCUT2D eigenvalue weighted by Crippen LogP contribution is -2.39. The van der Waals surface area contributed by atoms with Gasteiger partial charge in [0, 0.05) is 18.8 Å². The zero-order valence-electron chi connectivity index (χ0n) is 14.6. The van der Waals surface area contributed by atoms with Crippen molar-refractivity contribution in [3.8, 4) is 0 Å². The number of hydrogen-bond donors (Lipinski definition) is 4. The fourth-order valence-electron chi connectivity index (χ4n) is 2.91. The molecule has 2 rings (SSSR count). The van der Waals surface area contributed by atoms with Crippen LogP contribution in [0.1, 0.15) is 62.7 Å². The Balaban J connectivity index is 1.90. The average Bonchev–Trinajstić information content (AvgIpc) is 2.58. The van der Waals surface area contributed by atoms with E-state index in [-0.39, 0.29) is 18.1 Å². The van der Waals surface area contributed by atoms with Gasteiger partial charge in [0.2, 0.25) is 0 Å². The van der Waals surface area contributed by atoms with Gasteiger partial charge in [-0.3, -0.25) is 10.2 Å². The Hall–Kier alpha value is -1.73. The van der Waals surface area contributed by atoms with Crippen molar-refractivity contribution in [1.29, 1.82) is 0 Å². The molecular weight excluding hydrogens is 306 g/mol. The lowest BCUT2D eigenvalue weighted by atomic mass is 9.85. The molecule has 7 heteroatoms. The summed E-state index contributed by atoms with van der Waals surface area (Å²) in [6.45, 7) is 4.94. The third kappa shape index (κ3) is 5.42.